The summed E-state index contributed by atoms with van der Waals surface area (Å²) in [6.45, 7) is 2.39. The van der Waals surface area contributed by atoms with Gasteiger partial charge in [-0.25, -0.2) is 9.59 Å². The highest BCUT2D eigenvalue weighted by atomic mass is 16.5. The van der Waals surface area contributed by atoms with Gasteiger partial charge in [0.15, 0.2) is 0 Å². The van der Waals surface area contributed by atoms with Crippen molar-refractivity contribution in [2.45, 2.75) is 70.9 Å². The van der Waals surface area contributed by atoms with Crippen molar-refractivity contribution in [2.24, 2.45) is 0 Å². The van der Waals surface area contributed by atoms with Gasteiger partial charge in [0, 0.05) is 13.0 Å². The molecule has 0 aliphatic carbocycles. The van der Waals surface area contributed by atoms with Crippen molar-refractivity contribution >= 4 is 18.0 Å². The summed E-state index contributed by atoms with van der Waals surface area (Å²) in [6, 6.07) is 8.22. The van der Waals surface area contributed by atoms with Gasteiger partial charge in [-0.15, -0.1) is 0 Å². The van der Waals surface area contributed by atoms with E-state index < -0.39 is 18.1 Å². The molecule has 7 nitrogen and oxygen atoms in total. The summed E-state index contributed by atoms with van der Waals surface area (Å²) in [5.74, 6) is -1.38. The zero-order valence-corrected chi connectivity index (χ0v) is 16.6. The number of carbonyl (C=O) groups excluding carboxylic acids is 2. The molecule has 1 rings (SSSR count). The van der Waals surface area contributed by atoms with Gasteiger partial charge in [0.1, 0.15) is 12.6 Å². The van der Waals surface area contributed by atoms with Gasteiger partial charge >= 0.3 is 12.1 Å². The molecule has 0 spiro atoms. The zero-order valence-electron chi connectivity index (χ0n) is 16.6. The fraction of sp³-hybridized carbons (Fsp3) is 0.571. The SMILES string of the molecule is CCCCCCCCC(=O)N[C@H](CCNC(=O)OCc1ccccc1)C(=O)O. The highest BCUT2D eigenvalue weighted by molar-refractivity contribution is 5.83. The smallest absolute Gasteiger partial charge is 0.407 e. The van der Waals surface area contributed by atoms with E-state index in [1.165, 1.54) is 19.3 Å². The molecule has 2 amide bonds. The Labute approximate surface area is 166 Å². The van der Waals surface area contributed by atoms with Crippen LogP contribution in [0.25, 0.3) is 0 Å². The van der Waals surface area contributed by atoms with Gasteiger partial charge in [0.2, 0.25) is 5.91 Å². The van der Waals surface area contributed by atoms with E-state index in [1.54, 1.807) is 0 Å². The van der Waals surface area contributed by atoms with Gasteiger partial charge in [0.25, 0.3) is 0 Å². The number of aliphatic carboxylic acids is 1. The van der Waals surface area contributed by atoms with Gasteiger partial charge in [-0.05, 0) is 18.4 Å². The highest BCUT2D eigenvalue weighted by Crippen LogP contribution is 2.07. The van der Waals surface area contributed by atoms with Crippen LogP contribution in [-0.4, -0.2) is 35.7 Å². The number of ether oxygens (including phenoxy) is 1. The first kappa shape index (κ1) is 23.5. The second kappa shape index (κ2) is 14.5. The average Bonchev–Trinajstić information content (AvgIpc) is 2.69. The number of alkyl carbamates (subject to hydrolysis) is 1. The van der Waals surface area contributed by atoms with Crippen LogP contribution in [0.3, 0.4) is 0 Å². The van der Waals surface area contributed by atoms with Crippen LogP contribution in [0.5, 0.6) is 0 Å². The molecule has 156 valence electrons. The number of carboxylic acids is 1. The minimum Gasteiger partial charge on any atom is -0.480 e. The third-order valence-corrected chi connectivity index (χ3v) is 4.31. The van der Waals surface area contributed by atoms with Gasteiger partial charge in [-0.1, -0.05) is 69.4 Å². The summed E-state index contributed by atoms with van der Waals surface area (Å²) in [6.07, 6.45) is 6.17. The first-order chi connectivity index (χ1) is 13.5. The van der Waals surface area contributed by atoms with Crippen LogP contribution < -0.4 is 10.6 Å². The van der Waals surface area contributed by atoms with Gasteiger partial charge in [-0.3, -0.25) is 4.79 Å². The summed E-state index contributed by atoms with van der Waals surface area (Å²) in [7, 11) is 0. The quantitative estimate of drug-likeness (QED) is 0.419. The molecule has 0 unspecified atom stereocenters. The summed E-state index contributed by atoms with van der Waals surface area (Å²) >= 11 is 0. The molecule has 28 heavy (non-hydrogen) atoms. The van der Waals surface area contributed by atoms with Gasteiger partial charge in [0.05, 0.1) is 0 Å². The standard InChI is InChI=1S/C21H32N2O5/c1-2-3-4-5-6-10-13-19(24)23-18(20(25)26)14-15-22-21(27)28-16-17-11-8-7-9-12-17/h7-9,11-12,18H,2-6,10,13-16H2,1H3,(H,22,27)(H,23,24)(H,25,26)/t18-/m1/s1. The predicted molar refractivity (Wildman–Crippen MR) is 107 cm³/mol. The Kier molecular flexibility index (Phi) is 12.1. The second-order valence-electron chi connectivity index (χ2n) is 6.75. The van der Waals surface area contributed by atoms with E-state index in [4.69, 9.17) is 4.74 Å². The number of amides is 2. The predicted octanol–water partition coefficient (Wildman–Crippen LogP) is 3.62. The normalized spacial score (nSPS) is 11.5. The molecular weight excluding hydrogens is 360 g/mol. The Morgan fingerprint density at radius 3 is 2.39 bits per heavy atom. The second-order valence-corrected chi connectivity index (χ2v) is 6.75. The molecule has 0 radical (unpaired) electrons. The van der Waals surface area contributed by atoms with E-state index in [0.29, 0.717) is 6.42 Å². The first-order valence-corrected chi connectivity index (χ1v) is 9.99. The molecule has 0 heterocycles. The number of hydrogen-bond acceptors (Lipinski definition) is 4. The number of hydrogen-bond donors (Lipinski definition) is 3. The van der Waals surface area contributed by atoms with Crippen LogP contribution in [0.1, 0.15) is 63.9 Å². The molecule has 1 atom stereocenters. The zero-order chi connectivity index (χ0) is 20.6. The molecular formula is C21H32N2O5. The summed E-state index contributed by atoms with van der Waals surface area (Å²) in [5.41, 5.74) is 0.864. The fourth-order valence-electron chi connectivity index (χ4n) is 2.68. The van der Waals surface area contributed by atoms with Crippen LogP contribution >= 0.6 is 0 Å². The lowest BCUT2D eigenvalue weighted by molar-refractivity contribution is -0.142. The van der Waals surface area contributed by atoms with Crippen molar-refractivity contribution in [3.63, 3.8) is 0 Å². The molecule has 0 fully saturated rings. The van der Waals surface area contributed by atoms with E-state index in [1.807, 2.05) is 30.3 Å². The molecule has 7 heteroatoms. The Bertz CT molecular complexity index is 592. The largest absolute Gasteiger partial charge is 0.480 e. The maximum atomic E-state index is 11.9. The minimum absolute atomic E-state index is 0.0952. The maximum Gasteiger partial charge on any atom is 0.407 e. The van der Waals surface area contributed by atoms with E-state index in [-0.39, 0.29) is 25.5 Å². The van der Waals surface area contributed by atoms with Gasteiger partial charge < -0.3 is 20.5 Å². The number of carbonyl (C=O) groups is 3. The van der Waals surface area contributed by atoms with Crippen LogP contribution in [-0.2, 0) is 20.9 Å². The van der Waals surface area contributed by atoms with Crippen molar-refractivity contribution in [2.75, 3.05) is 6.54 Å². The Hall–Kier alpha value is -2.57. The molecule has 0 saturated carbocycles. The number of benzene rings is 1. The topological polar surface area (TPSA) is 105 Å². The summed E-state index contributed by atoms with van der Waals surface area (Å²) in [4.78, 5) is 34.9. The molecule has 3 N–H and O–H groups in total. The molecule has 0 aliphatic heterocycles. The van der Waals surface area contributed by atoms with Crippen LogP contribution in [0.4, 0.5) is 4.79 Å². The lowest BCUT2D eigenvalue weighted by Gasteiger charge is -2.15. The number of nitrogens with one attached hydrogen (secondary N) is 2. The molecule has 0 saturated heterocycles. The number of carboxylic acid groups (broad SMARTS) is 1. The Morgan fingerprint density at radius 1 is 1.04 bits per heavy atom. The highest BCUT2D eigenvalue weighted by Gasteiger charge is 2.19. The summed E-state index contributed by atoms with van der Waals surface area (Å²) in [5, 5.41) is 14.3. The van der Waals surface area contributed by atoms with Crippen LogP contribution in [0.2, 0.25) is 0 Å². The Balaban J connectivity index is 2.20. The fourth-order valence-corrected chi connectivity index (χ4v) is 2.68. The van der Waals surface area contributed by atoms with Crippen molar-refractivity contribution < 1.29 is 24.2 Å². The van der Waals surface area contributed by atoms with Crippen molar-refractivity contribution in [3.05, 3.63) is 35.9 Å². The molecule has 0 bridgehead atoms. The average molecular weight is 392 g/mol. The third-order valence-electron chi connectivity index (χ3n) is 4.31. The monoisotopic (exact) mass is 392 g/mol. The van der Waals surface area contributed by atoms with E-state index in [9.17, 15) is 19.5 Å². The van der Waals surface area contributed by atoms with Crippen molar-refractivity contribution in [1.29, 1.82) is 0 Å². The maximum absolute atomic E-state index is 11.9. The van der Waals surface area contributed by atoms with Crippen LogP contribution in [0.15, 0.2) is 30.3 Å². The van der Waals surface area contributed by atoms with Gasteiger partial charge in [-0.2, -0.15) is 0 Å². The minimum atomic E-state index is -1.12. The number of unbranched alkanes of at least 4 members (excludes halogenated alkanes) is 5. The number of rotatable bonds is 14. The Morgan fingerprint density at radius 2 is 1.71 bits per heavy atom. The molecule has 1 aromatic rings. The first-order valence-electron chi connectivity index (χ1n) is 9.99. The third kappa shape index (κ3) is 11.2. The lowest BCUT2D eigenvalue weighted by Crippen LogP contribution is -2.43. The van der Waals surface area contributed by atoms with E-state index in [0.717, 1.165) is 24.8 Å². The van der Waals surface area contributed by atoms with Crippen molar-refractivity contribution in [3.8, 4) is 0 Å². The van der Waals surface area contributed by atoms with Crippen molar-refractivity contribution in [1.82, 2.24) is 10.6 Å². The summed E-state index contributed by atoms with van der Waals surface area (Å²) < 4.78 is 5.06. The molecule has 0 aromatic heterocycles. The van der Waals surface area contributed by atoms with E-state index in [2.05, 4.69) is 17.6 Å². The molecule has 0 aliphatic rings. The molecule has 1 aromatic carbocycles. The van der Waals surface area contributed by atoms with Crippen LogP contribution in [0, 0.1) is 0 Å². The lowest BCUT2D eigenvalue weighted by atomic mass is 10.1. The van der Waals surface area contributed by atoms with E-state index >= 15 is 0 Å².